The molecule has 0 saturated heterocycles. The summed E-state index contributed by atoms with van der Waals surface area (Å²) in [5.41, 5.74) is 8.23. The van der Waals surface area contributed by atoms with Gasteiger partial charge in [-0.1, -0.05) is 31.2 Å². The van der Waals surface area contributed by atoms with Crippen LogP contribution in [-0.2, 0) is 11.3 Å². The van der Waals surface area contributed by atoms with Crippen LogP contribution in [-0.4, -0.2) is 29.7 Å². The van der Waals surface area contributed by atoms with Gasteiger partial charge in [-0.3, -0.25) is 4.98 Å². The number of methoxy groups -OCH3 is 1. The molecule has 0 atom stereocenters. The molecule has 6 nitrogen and oxygen atoms in total. The largest absolute Gasteiger partial charge is 0.498 e. The monoisotopic (exact) mass is 490 g/mol. The maximum Gasteiger partial charge on any atom is 0.139 e. The number of rotatable bonds is 13. The predicted molar refractivity (Wildman–Crippen MR) is 153 cm³/mol. The van der Waals surface area contributed by atoms with E-state index in [1.54, 1.807) is 25.6 Å². The summed E-state index contributed by atoms with van der Waals surface area (Å²) in [5.74, 6) is 1.53. The number of allylic oxidation sites excluding steroid dienone is 7. The molecular weight excluding hydrogens is 448 g/mol. The highest BCUT2D eigenvalue weighted by molar-refractivity contribution is 5.81. The van der Waals surface area contributed by atoms with Crippen LogP contribution in [0.4, 0.5) is 11.4 Å². The van der Waals surface area contributed by atoms with Crippen LogP contribution in [0.5, 0.6) is 5.75 Å². The van der Waals surface area contributed by atoms with Crippen LogP contribution in [0, 0.1) is 0 Å². The maximum atomic E-state index is 5.90. The van der Waals surface area contributed by atoms with E-state index in [-0.39, 0.29) is 6.04 Å². The van der Waals surface area contributed by atoms with Crippen molar-refractivity contribution in [3.8, 4) is 5.75 Å². The number of anilines is 2. The molecule has 36 heavy (non-hydrogen) atoms. The van der Waals surface area contributed by atoms with Crippen molar-refractivity contribution in [1.29, 1.82) is 0 Å². The third-order valence-corrected chi connectivity index (χ3v) is 5.91. The molecular formula is C30H42N4O2. The van der Waals surface area contributed by atoms with Crippen molar-refractivity contribution < 1.29 is 9.47 Å². The highest BCUT2D eigenvalue weighted by atomic mass is 16.5. The molecule has 0 fully saturated rings. The Morgan fingerprint density at radius 3 is 2.50 bits per heavy atom. The summed E-state index contributed by atoms with van der Waals surface area (Å²) in [6, 6.07) is 4.31. The standard InChI is InChI=1S/C30H42N4O2/c1-10-13-14-27(23(8)36-12-3)28-15-24(17-32-25-16-26(35-9)19-31-18-25)30(33-20(4)5)29(34-28)22(7)21(6)11-2/h10,13-16,18-20,32-33H,1,11-12,17H2,2-9H3/b14-13-,22-21+,27-23-. The van der Waals surface area contributed by atoms with Crippen LogP contribution in [0.15, 0.2) is 60.7 Å². The van der Waals surface area contributed by atoms with Crippen LogP contribution < -0.4 is 15.4 Å². The van der Waals surface area contributed by atoms with Gasteiger partial charge in [0, 0.05) is 24.2 Å². The Balaban J connectivity index is 2.78. The number of hydrogen-bond donors (Lipinski definition) is 2. The zero-order valence-corrected chi connectivity index (χ0v) is 23.2. The lowest BCUT2D eigenvalue weighted by atomic mass is 9.98. The van der Waals surface area contributed by atoms with Crippen molar-refractivity contribution in [3.05, 3.63) is 77.6 Å². The molecule has 0 unspecified atom stereocenters. The van der Waals surface area contributed by atoms with Gasteiger partial charge in [0.25, 0.3) is 0 Å². The molecule has 6 heteroatoms. The topological polar surface area (TPSA) is 68.3 Å². The average molecular weight is 491 g/mol. The Hall–Kier alpha value is -3.54. The van der Waals surface area contributed by atoms with Crippen LogP contribution >= 0.6 is 0 Å². The first-order valence-corrected chi connectivity index (χ1v) is 12.6. The molecule has 0 aliphatic rings. The quantitative estimate of drug-likeness (QED) is 0.222. The van der Waals surface area contributed by atoms with Gasteiger partial charge < -0.3 is 20.1 Å². The van der Waals surface area contributed by atoms with Crippen molar-refractivity contribution in [1.82, 2.24) is 9.97 Å². The van der Waals surface area contributed by atoms with E-state index in [0.717, 1.165) is 46.1 Å². The zero-order chi connectivity index (χ0) is 26.7. The first kappa shape index (κ1) is 28.7. The lowest BCUT2D eigenvalue weighted by molar-refractivity contribution is 0.233. The number of nitrogens with zero attached hydrogens (tertiary/aromatic N) is 2. The van der Waals surface area contributed by atoms with Crippen molar-refractivity contribution in [2.24, 2.45) is 0 Å². The molecule has 0 aromatic carbocycles. The maximum absolute atomic E-state index is 5.90. The molecule has 0 aliphatic carbocycles. The lowest BCUT2D eigenvalue weighted by Crippen LogP contribution is -2.17. The highest BCUT2D eigenvalue weighted by Crippen LogP contribution is 2.33. The number of hydrogen-bond acceptors (Lipinski definition) is 6. The second-order valence-corrected chi connectivity index (χ2v) is 8.91. The predicted octanol–water partition coefficient (Wildman–Crippen LogP) is 7.63. The van der Waals surface area contributed by atoms with Crippen molar-refractivity contribution in [3.63, 3.8) is 0 Å². The molecule has 0 saturated carbocycles. The molecule has 2 N–H and O–H groups in total. The van der Waals surface area contributed by atoms with E-state index < -0.39 is 0 Å². The SMILES string of the molecule is C=C/C=C\C(=C(/C)OCC)c1cc(CNc2cncc(OC)c2)c(NC(C)C)c(/C(C)=C(\C)CC)n1. The fourth-order valence-electron chi connectivity index (χ4n) is 3.73. The molecule has 0 amide bonds. The summed E-state index contributed by atoms with van der Waals surface area (Å²) in [5, 5.41) is 7.18. The molecule has 0 radical (unpaired) electrons. The lowest BCUT2D eigenvalue weighted by Gasteiger charge is -2.22. The van der Waals surface area contributed by atoms with Crippen molar-refractivity contribution >= 4 is 22.5 Å². The van der Waals surface area contributed by atoms with E-state index in [2.05, 4.69) is 62.9 Å². The Morgan fingerprint density at radius 2 is 1.89 bits per heavy atom. The van der Waals surface area contributed by atoms with Gasteiger partial charge in [-0.2, -0.15) is 0 Å². The first-order chi connectivity index (χ1) is 17.2. The van der Waals surface area contributed by atoms with Crippen LogP contribution in [0.3, 0.4) is 0 Å². The van der Waals surface area contributed by atoms with Gasteiger partial charge in [-0.25, -0.2) is 4.98 Å². The molecule has 2 rings (SSSR count). The molecule has 0 spiro atoms. The average Bonchev–Trinajstić information content (AvgIpc) is 2.87. The van der Waals surface area contributed by atoms with Crippen LogP contribution in [0.25, 0.3) is 11.1 Å². The normalized spacial score (nSPS) is 12.8. The minimum Gasteiger partial charge on any atom is -0.498 e. The number of pyridine rings is 2. The number of ether oxygens (including phenoxy) is 2. The van der Waals surface area contributed by atoms with E-state index in [9.17, 15) is 0 Å². The second kappa shape index (κ2) is 14.1. The van der Waals surface area contributed by atoms with Gasteiger partial charge in [-0.05, 0) is 71.2 Å². The summed E-state index contributed by atoms with van der Waals surface area (Å²) in [6.07, 6.45) is 10.1. The Bertz CT molecular complexity index is 1130. The fraction of sp³-hybridized carbons (Fsp3) is 0.400. The molecule has 0 bridgehead atoms. The Morgan fingerprint density at radius 1 is 1.14 bits per heavy atom. The van der Waals surface area contributed by atoms with E-state index in [0.29, 0.717) is 18.9 Å². The van der Waals surface area contributed by atoms with Crippen LogP contribution in [0.2, 0.25) is 0 Å². The van der Waals surface area contributed by atoms with Gasteiger partial charge in [0.2, 0.25) is 0 Å². The molecule has 0 aliphatic heterocycles. The summed E-state index contributed by atoms with van der Waals surface area (Å²) in [6.45, 7) is 19.8. The van der Waals surface area contributed by atoms with E-state index in [1.165, 1.54) is 11.1 Å². The molecule has 2 heterocycles. The first-order valence-electron chi connectivity index (χ1n) is 12.6. The van der Waals surface area contributed by atoms with Crippen molar-refractivity contribution in [2.45, 2.75) is 67.5 Å². The van der Waals surface area contributed by atoms with Gasteiger partial charge in [0.05, 0.1) is 48.9 Å². The van der Waals surface area contributed by atoms with Crippen molar-refractivity contribution in [2.75, 3.05) is 24.4 Å². The fourth-order valence-corrected chi connectivity index (χ4v) is 3.73. The molecule has 2 aromatic rings. The summed E-state index contributed by atoms with van der Waals surface area (Å²) in [7, 11) is 1.64. The van der Waals surface area contributed by atoms with E-state index in [1.807, 2.05) is 32.1 Å². The Labute approximate surface area is 217 Å². The van der Waals surface area contributed by atoms with Gasteiger partial charge >= 0.3 is 0 Å². The van der Waals surface area contributed by atoms with E-state index >= 15 is 0 Å². The summed E-state index contributed by atoms with van der Waals surface area (Å²) in [4.78, 5) is 9.47. The second-order valence-electron chi connectivity index (χ2n) is 8.91. The van der Waals surface area contributed by atoms with Gasteiger partial charge in [0.15, 0.2) is 0 Å². The summed E-state index contributed by atoms with van der Waals surface area (Å²) >= 11 is 0. The third kappa shape index (κ3) is 7.74. The summed E-state index contributed by atoms with van der Waals surface area (Å²) < 4.78 is 11.2. The number of aromatic nitrogens is 2. The van der Waals surface area contributed by atoms with E-state index in [4.69, 9.17) is 14.5 Å². The Kier molecular flexibility index (Phi) is 11.3. The smallest absolute Gasteiger partial charge is 0.139 e. The zero-order valence-electron chi connectivity index (χ0n) is 23.2. The molecule has 194 valence electrons. The van der Waals surface area contributed by atoms with Crippen LogP contribution in [0.1, 0.15) is 71.8 Å². The van der Waals surface area contributed by atoms with Gasteiger partial charge in [-0.15, -0.1) is 0 Å². The van der Waals surface area contributed by atoms with Gasteiger partial charge in [0.1, 0.15) is 11.5 Å². The third-order valence-electron chi connectivity index (χ3n) is 5.91. The minimum absolute atomic E-state index is 0.240. The highest BCUT2D eigenvalue weighted by Gasteiger charge is 2.19. The number of nitrogens with one attached hydrogen (secondary N) is 2. The molecule has 2 aromatic heterocycles. The minimum atomic E-state index is 0.240.